The number of carbonyl (C=O) groups is 2. The zero-order valence-corrected chi connectivity index (χ0v) is 20.3. The highest BCUT2D eigenvalue weighted by molar-refractivity contribution is 6.31. The first-order valence-corrected chi connectivity index (χ1v) is 12.1. The Balaban J connectivity index is 1.60. The lowest BCUT2D eigenvalue weighted by Crippen LogP contribution is -2.38. The number of amides is 1. The van der Waals surface area contributed by atoms with Crippen molar-refractivity contribution in [1.29, 1.82) is 0 Å². The summed E-state index contributed by atoms with van der Waals surface area (Å²) in [5.41, 5.74) is 1.10. The molecule has 2 aliphatic rings. The summed E-state index contributed by atoms with van der Waals surface area (Å²) in [6.07, 6.45) is 3.65. The molecule has 35 heavy (non-hydrogen) atoms. The molecule has 2 heterocycles. The van der Waals surface area contributed by atoms with Crippen molar-refractivity contribution in [3.63, 3.8) is 0 Å². The number of furan rings is 1. The molecule has 5 rings (SSSR count). The summed E-state index contributed by atoms with van der Waals surface area (Å²) >= 11 is 6.17. The molecule has 1 unspecified atom stereocenters. The summed E-state index contributed by atoms with van der Waals surface area (Å²) in [7, 11) is 1.49. The van der Waals surface area contributed by atoms with Gasteiger partial charge in [-0.2, -0.15) is 0 Å². The van der Waals surface area contributed by atoms with E-state index < -0.39 is 23.5 Å². The maximum Gasteiger partial charge on any atom is 0.290 e. The largest absolute Gasteiger partial charge is 0.503 e. The van der Waals surface area contributed by atoms with Gasteiger partial charge < -0.3 is 23.9 Å². The third-order valence-electron chi connectivity index (χ3n) is 6.70. The van der Waals surface area contributed by atoms with E-state index >= 15 is 0 Å². The maximum absolute atomic E-state index is 13.8. The number of hydrogen-bond donors (Lipinski definition) is 1. The molecule has 3 aromatic rings. The third kappa shape index (κ3) is 4.04. The molecule has 1 aliphatic heterocycles. The van der Waals surface area contributed by atoms with Crippen LogP contribution in [0.1, 0.15) is 54.8 Å². The fourth-order valence-electron chi connectivity index (χ4n) is 5.14. The number of benzene rings is 2. The van der Waals surface area contributed by atoms with E-state index in [9.17, 15) is 14.7 Å². The average Bonchev–Trinajstić information content (AvgIpc) is 3.58. The molecule has 1 amide bonds. The molecule has 2 aromatic carbocycles. The molecule has 0 radical (unpaired) electrons. The highest BCUT2D eigenvalue weighted by Crippen LogP contribution is 2.44. The van der Waals surface area contributed by atoms with E-state index in [1.807, 2.05) is 31.2 Å². The third-order valence-corrected chi connectivity index (χ3v) is 6.92. The summed E-state index contributed by atoms with van der Waals surface area (Å²) in [6.45, 7) is 2.43. The Morgan fingerprint density at radius 3 is 2.54 bits per heavy atom. The second-order valence-electron chi connectivity index (χ2n) is 8.78. The number of aliphatic hydroxyl groups is 1. The van der Waals surface area contributed by atoms with Gasteiger partial charge in [0.05, 0.1) is 25.3 Å². The van der Waals surface area contributed by atoms with Crippen molar-refractivity contribution in [2.24, 2.45) is 0 Å². The number of hydrogen-bond acceptors (Lipinski definition) is 6. The number of Topliss-reactive ketones (excluding diaryl/α,β-unsaturated/α-hetero) is 1. The van der Waals surface area contributed by atoms with Crippen LogP contribution in [0.2, 0.25) is 5.02 Å². The summed E-state index contributed by atoms with van der Waals surface area (Å²) < 4.78 is 16.8. The molecule has 1 saturated carbocycles. The van der Waals surface area contributed by atoms with Crippen LogP contribution in [0.15, 0.2) is 58.2 Å². The highest BCUT2D eigenvalue weighted by atomic mass is 35.5. The van der Waals surface area contributed by atoms with Gasteiger partial charge >= 0.3 is 0 Å². The Morgan fingerprint density at radius 1 is 1.17 bits per heavy atom. The minimum absolute atomic E-state index is 0.000810. The van der Waals surface area contributed by atoms with Gasteiger partial charge in [0.25, 0.3) is 5.91 Å². The molecule has 1 aliphatic carbocycles. The lowest BCUT2D eigenvalue weighted by Gasteiger charge is -2.32. The minimum Gasteiger partial charge on any atom is -0.503 e. The first-order chi connectivity index (χ1) is 16.9. The second kappa shape index (κ2) is 9.30. The van der Waals surface area contributed by atoms with Crippen LogP contribution in [0.3, 0.4) is 0 Å². The molecule has 1 aromatic heterocycles. The van der Waals surface area contributed by atoms with E-state index in [-0.39, 0.29) is 17.4 Å². The van der Waals surface area contributed by atoms with Gasteiger partial charge in [0, 0.05) is 22.5 Å². The molecule has 182 valence electrons. The normalized spacial score (nSPS) is 18.7. The van der Waals surface area contributed by atoms with Crippen LogP contribution in [0, 0.1) is 0 Å². The smallest absolute Gasteiger partial charge is 0.290 e. The highest BCUT2D eigenvalue weighted by Gasteiger charge is 2.47. The number of methoxy groups -OCH3 is 1. The van der Waals surface area contributed by atoms with E-state index in [4.69, 9.17) is 25.5 Å². The Hall–Kier alpha value is -3.45. The number of carbonyl (C=O) groups excluding carboxylic acids is 2. The van der Waals surface area contributed by atoms with Crippen molar-refractivity contribution in [3.05, 3.63) is 70.1 Å². The van der Waals surface area contributed by atoms with Crippen molar-refractivity contribution in [3.8, 4) is 11.5 Å². The van der Waals surface area contributed by atoms with Gasteiger partial charge in [0.15, 0.2) is 22.9 Å². The van der Waals surface area contributed by atoms with E-state index in [1.165, 1.54) is 7.11 Å². The number of ether oxygens (including phenoxy) is 2. The average molecular weight is 496 g/mol. The van der Waals surface area contributed by atoms with Crippen LogP contribution in [0.4, 0.5) is 0 Å². The Bertz CT molecular complexity index is 1320. The standard InChI is InChI=1S/C27H26ClNO6/c1-3-34-19-10-8-15(9-11-19)23-22(25(31)27(32)29(23)18-6-4-5-7-18)24(30)20-13-16-12-17(28)14-21(33-2)26(16)35-20/h8-14,18,23,31H,3-7H2,1-2H3. The lowest BCUT2D eigenvalue weighted by atomic mass is 9.94. The molecule has 1 N–H and O–H groups in total. The van der Waals surface area contributed by atoms with Gasteiger partial charge in [-0.05, 0) is 49.6 Å². The summed E-state index contributed by atoms with van der Waals surface area (Å²) in [6, 6.07) is 11.3. The topological polar surface area (TPSA) is 89.2 Å². The molecule has 7 nitrogen and oxygen atoms in total. The fourth-order valence-corrected chi connectivity index (χ4v) is 5.35. The van der Waals surface area contributed by atoms with Gasteiger partial charge in [-0.15, -0.1) is 0 Å². The van der Waals surface area contributed by atoms with Crippen molar-refractivity contribution in [2.45, 2.75) is 44.7 Å². The lowest BCUT2D eigenvalue weighted by molar-refractivity contribution is -0.131. The fraction of sp³-hybridized carbons (Fsp3) is 0.333. The van der Waals surface area contributed by atoms with Crippen LogP contribution in [0.5, 0.6) is 11.5 Å². The van der Waals surface area contributed by atoms with E-state index in [0.29, 0.717) is 34.1 Å². The Morgan fingerprint density at radius 2 is 1.89 bits per heavy atom. The van der Waals surface area contributed by atoms with Gasteiger partial charge in [-0.1, -0.05) is 36.6 Å². The number of halogens is 1. The molecule has 0 saturated heterocycles. The van der Waals surface area contributed by atoms with E-state index in [2.05, 4.69) is 0 Å². The number of aliphatic hydroxyl groups excluding tert-OH is 1. The van der Waals surface area contributed by atoms with Crippen LogP contribution in [0.25, 0.3) is 11.0 Å². The van der Waals surface area contributed by atoms with Crippen molar-refractivity contribution >= 4 is 34.3 Å². The zero-order valence-electron chi connectivity index (χ0n) is 19.5. The second-order valence-corrected chi connectivity index (χ2v) is 9.22. The molecule has 8 heteroatoms. The maximum atomic E-state index is 13.8. The molecule has 0 bridgehead atoms. The molecular formula is C27H26ClNO6. The zero-order chi connectivity index (χ0) is 24.7. The summed E-state index contributed by atoms with van der Waals surface area (Å²) in [5, 5.41) is 12.0. The van der Waals surface area contributed by atoms with Crippen LogP contribution >= 0.6 is 11.6 Å². The van der Waals surface area contributed by atoms with Gasteiger partial charge in [0.2, 0.25) is 5.78 Å². The Kier molecular flexibility index (Phi) is 6.19. The predicted octanol–water partition coefficient (Wildman–Crippen LogP) is 6.01. The summed E-state index contributed by atoms with van der Waals surface area (Å²) in [4.78, 5) is 28.7. The van der Waals surface area contributed by atoms with Crippen molar-refractivity contribution in [1.82, 2.24) is 4.90 Å². The van der Waals surface area contributed by atoms with Gasteiger partial charge in [-0.3, -0.25) is 9.59 Å². The molecule has 1 atom stereocenters. The van der Waals surface area contributed by atoms with Crippen molar-refractivity contribution in [2.75, 3.05) is 13.7 Å². The Labute approximate surface area is 207 Å². The SMILES string of the molecule is CCOc1ccc(C2C(C(=O)c3cc4cc(Cl)cc(OC)c4o3)=C(O)C(=O)N2C2CCCC2)cc1. The number of ketones is 1. The van der Waals surface area contributed by atoms with E-state index in [0.717, 1.165) is 31.2 Å². The number of fused-ring (bicyclic) bond motifs is 1. The van der Waals surface area contributed by atoms with E-state index in [1.54, 1.807) is 23.1 Å². The molecule has 0 spiro atoms. The molecular weight excluding hydrogens is 470 g/mol. The minimum atomic E-state index is -0.729. The number of nitrogens with zero attached hydrogens (tertiary/aromatic N) is 1. The first kappa shape index (κ1) is 23.3. The van der Waals surface area contributed by atoms with Crippen LogP contribution in [-0.4, -0.2) is 41.5 Å². The quantitative estimate of drug-likeness (QED) is 0.403. The summed E-state index contributed by atoms with van der Waals surface area (Å²) in [5.74, 6) is -0.538. The van der Waals surface area contributed by atoms with Crippen LogP contribution in [-0.2, 0) is 4.79 Å². The predicted molar refractivity (Wildman–Crippen MR) is 131 cm³/mol. The van der Waals surface area contributed by atoms with Gasteiger partial charge in [0.1, 0.15) is 5.75 Å². The monoisotopic (exact) mass is 495 g/mol. The van der Waals surface area contributed by atoms with Crippen LogP contribution < -0.4 is 9.47 Å². The molecule has 1 fully saturated rings. The first-order valence-electron chi connectivity index (χ1n) is 11.7. The van der Waals surface area contributed by atoms with Crippen molar-refractivity contribution < 1.29 is 28.6 Å². The van der Waals surface area contributed by atoms with Gasteiger partial charge in [-0.25, -0.2) is 0 Å². The number of rotatable bonds is 7.